The summed E-state index contributed by atoms with van der Waals surface area (Å²) in [4.78, 5) is 24.8. The Morgan fingerprint density at radius 1 is 1.55 bits per heavy atom. The van der Waals surface area contributed by atoms with Crippen LogP contribution in [0.3, 0.4) is 0 Å². The molecule has 1 saturated heterocycles. The molecule has 0 aromatic carbocycles. The SMILES string of the molecule is CC(C)NC(=O)C1COCCN1Cc1ccc(C=O)o1. The maximum absolute atomic E-state index is 12.2. The van der Waals surface area contributed by atoms with Gasteiger partial charge in [-0.25, -0.2) is 0 Å². The Morgan fingerprint density at radius 3 is 3.00 bits per heavy atom. The minimum Gasteiger partial charge on any atom is -0.457 e. The summed E-state index contributed by atoms with van der Waals surface area (Å²) in [6.45, 7) is 5.97. The number of aldehydes is 1. The van der Waals surface area contributed by atoms with Crippen molar-refractivity contribution in [2.45, 2.75) is 32.5 Å². The summed E-state index contributed by atoms with van der Waals surface area (Å²) in [7, 11) is 0. The number of morpholine rings is 1. The molecule has 0 spiro atoms. The van der Waals surface area contributed by atoms with Gasteiger partial charge < -0.3 is 14.5 Å². The average molecular weight is 280 g/mol. The van der Waals surface area contributed by atoms with Crippen molar-refractivity contribution >= 4 is 12.2 Å². The third-order valence-corrected chi connectivity index (χ3v) is 3.13. The summed E-state index contributed by atoms with van der Waals surface area (Å²) in [6, 6.07) is 3.16. The standard InChI is InChI=1S/C14H20N2O4/c1-10(2)15-14(18)13-9-19-6-5-16(13)7-11-3-4-12(8-17)20-11/h3-4,8,10,13H,5-7,9H2,1-2H3,(H,15,18). The second kappa shape index (κ2) is 6.67. The Kier molecular flexibility index (Phi) is 4.92. The van der Waals surface area contributed by atoms with Gasteiger partial charge in [-0.3, -0.25) is 14.5 Å². The van der Waals surface area contributed by atoms with Crippen LogP contribution in [0, 0.1) is 0 Å². The molecular formula is C14H20N2O4. The number of nitrogens with zero attached hydrogens (tertiary/aromatic N) is 1. The van der Waals surface area contributed by atoms with Crippen LogP contribution < -0.4 is 5.32 Å². The van der Waals surface area contributed by atoms with Crippen molar-refractivity contribution in [3.05, 3.63) is 23.7 Å². The highest BCUT2D eigenvalue weighted by molar-refractivity contribution is 5.82. The van der Waals surface area contributed by atoms with Crippen LogP contribution >= 0.6 is 0 Å². The molecule has 20 heavy (non-hydrogen) atoms. The highest BCUT2D eigenvalue weighted by atomic mass is 16.5. The van der Waals surface area contributed by atoms with Crippen molar-refractivity contribution in [2.24, 2.45) is 0 Å². The van der Waals surface area contributed by atoms with E-state index in [1.807, 2.05) is 18.7 Å². The molecule has 2 rings (SSSR count). The van der Waals surface area contributed by atoms with Crippen molar-refractivity contribution in [3.8, 4) is 0 Å². The van der Waals surface area contributed by atoms with E-state index in [0.717, 1.165) is 0 Å². The molecule has 0 aliphatic carbocycles. The molecule has 1 aromatic rings. The summed E-state index contributed by atoms with van der Waals surface area (Å²) in [5, 5.41) is 2.90. The van der Waals surface area contributed by atoms with Crippen molar-refractivity contribution < 1.29 is 18.7 Å². The lowest BCUT2D eigenvalue weighted by atomic mass is 10.2. The smallest absolute Gasteiger partial charge is 0.239 e. The van der Waals surface area contributed by atoms with Crippen LogP contribution in [0.5, 0.6) is 0 Å². The Morgan fingerprint density at radius 2 is 2.35 bits per heavy atom. The molecule has 1 N–H and O–H groups in total. The van der Waals surface area contributed by atoms with Gasteiger partial charge in [0.25, 0.3) is 0 Å². The van der Waals surface area contributed by atoms with E-state index < -0.39 is 0 Å². The molecule has 1 aromatic heterocycles. The summed E-state index contributed by atoms with van der Waals surface area (Å²) in [5.74, 6) is 0.939. The third kappa shape index (κ3) is 3.68. The number of carbonyl (C=O) groups excluding carboxylic acids is 2. The summed E-state index contributed by atoms with van der Waals surface area (Å²) in [6.07, 6.45) is 0.672. The van der Waals surface area contributed by atoms with E-state index in [2.05, 4.69) is 5.32 Å². The number of furan rings is 1. The quantitative estimate of drug-likeness (QED) is 0.808. The van der Waals surface area contributed by atoms with Crippen LogP contribution in [0.25, 0.3) is 0 Å². The van der Waals surface area contributed by atoms with Gasteiger partial charge in [0.15, 0.2) is 12.0 Å². The molecule has 0 saturated carbocycles. The second-order valence-corrected chi connectivity index (χ2v) is 5.15. The zero-order chi connectivity index (χ0) is 14.5. The second-order valence-electron chi connectivity index (χ2n) is 5.15. The predicted octanol–water partition coefficient (Wildman–Crippen LogP) is 0.817. The molecule has 1 unspecified atom stereocenters. The number of rotatable bonds is 5. The number of amides is 1. The van der Waals surface area contributed by atoms with E-state index in [1.54, 1.807) is 12.1 Å². The van der Waals surface area contributed by atoms with E-state index in [0.29, 0.717) is 44.1 Å². The molecule has 6 heteroatoms. The van der Waals surface area contributed by atoms with Crippen LogP contribution in [0.1, 0.15) is 30.2 Å². The number of ether oxygens (including phenoxy) is 1. The third-order valence-electron chi connectivity index (χ3n) is 3.13. The molecule has 1 atom stereocenters. The largest absolute Gasteiger partial charge is 0.457 e. The Bertz CT molecular complexity index is 469. The molecular weight excluding hydrogens is 260 g/mol. The predicted molar refractivity (Wildman–Crippen MR) is 72.4 cm³/mol. The molecule has 1 aliphatic heterocycles. The van der Waals surface area contributed by atoms with Crippen LogP contribution in [-0.2, 0) is 16.1 Å². The minimum atomic E-state index is -0.323. The van der Waals surface area contributed by atoms with E-state index in [1.165, 1.54) is 0 Å². The molecule has 110 valence electrons. The molecule has 0 bridgehead atoms. The normalized spacial score (nSPS) is 20.1. The van der Waals surface area contributed by atoms with Gasteiger partial charge in [-0.1, -0.05) is 0 Å². The first-order valence-electron chi connectivity index (χ1n) is 6.76. The fourth-order valence-corrected chi connectivity index (χ4v) is 2.19. The van der Waals surface area contributed by atoms with Crippen molar-refractivity contribution in [3.63, 3.8) is 0 Å². The van der Waals surface area contributed by atoms with Gasteiger partial charge in [0.05, 0.1) is 19.8 Å². The zero-order valence-corrected chi connectivity index (χ0v) is 11.8. The van der Waals surface area contributed by atoms with Gasteiger partial charge in [0, 0.05) is 12.6 Å². The highest BCUT2D eigenvalue weighted by Gasteiger charge is 2.30. The van der Waals surface area contributed by atoms with E-state index >= 15 is 0 Å². The lowest BCUT2D eigenvalue weighted by Gasteiger charge is -2.34. The molecule has 1 fully saturated rings. The van der Waals surface area contributed by atoms with Gasteiger partial charge >= 0.3 is 0 Å². The van der Waals surface area contributed by atoms with E-state index in [9.17, 15) is 9.59 Å². The molecule has 2 heterocycles. The van der Waals surface area contributed by atoms with Crippen LogP contribution in [0.4, 0.5) is 0 Å². The van der Waals surface area contributed by atoms with Gasteiger partial charge in [0.1, 0.15) is 11.8 Å². The van der Waals surface area contributed by atoms with E-state index in [-0.39, 0.29) is 18.0 Å². The summed E-state index contributed by atoms with van der Waals surface area (Å²) in [5.41, 5.74) is 0. The Balaban J connectivity index is 2.02. The van der Waals surface area contributed by atoms with Crippen molar-refractivity contribution in [2.75, 3.05) is 19.8 Å². The van der Waals surface area contributed by atoms with Crippen LogP contribution in [0.15, 0.2) is 16.5 Å². The van der Waals surface area contributed by atoms with Crippen LogP contribution in [-0.4, -0.2) is 48.9 Å². The number of hydrogen-bond acceptors (Lipinski definition) is 5. The molecule has 1 amide bonds. The summed E-state index contributed by atoms with van der Waals surface area (Å²) < 4.78 is 10.8. The maximum atomic E-state index is 12.2. The fraction of sp³-hybridized carbons (Fsp3) is 0.571. The molecule has 0 radical (unpaired) electrons. The number of carbonyl (C=O) groups is 2. The Hall–Kier alpha value is -1.66. The first-order chi connectivity index (χ1) is 9.60. The topological polar surface area (TPSA) is 71.8 Å². The maximum Gasteiger partial charge on any atom is 0.239 e. The molecule has 6 nitrogen and oxygen atoms in total. The number of nitrogens with one attached hydrogen (secondary N) is 1. The van der Waals surface area contributed by atoms with Crippen LogP contribution in [0.2, 0.25) is 0 Å². The lowest BCUT2D eigenvalue weighted by molar-refractivity contribution is -0.133. The number of hydrogen-bond donors (Lipinski definition) is 1. The average Bonchev–Trinajstić information content (AvgIpc) is 2.86. The van der Waals surface area contributed by atoms with Gasteiger partial charge in [-0.15, -0.1) is 0 Å². The first-order valence-corrected chi connectivity index (χ1v) is 6.76. The first kappa shape index (κ1) is 14.7. The zero-order valence-electron chi connectivity index (χ0n) is 11.8. The minimum absolute atomic E-state index is 0.0399. The van der Waals surface area contributed by atoms with Gasteiger partial charge in [0.2, 0.25) is 5.91 Å². The van der Waals surface area contributed by atoms with Gasteiger partial charge in [-0.05, 0) is 26.0 Å². The fourth-order valence-electron chi connectivity index (χ4n) is 2.19. The van der Waals surface area contributed by atoms with E-state index in [4.69, 9.17) is 9.15 Å². The van der Waals surface area contributed by atoms with Crippen molar-refractivity contribution in [1.82, 2.24) is 10.2 Å². The van der Waals surface area contributed by atoms with Crippen molar-refractivity contribution in [1.29, 1.82) is 0 Å². The lowest BCUT2D eigenvalue weighted by Crippen LogP contribution is -2.54. The highest BCUT2D eigenvalue weighted by Crippen LogP contribution is 2.14. The Labute approximate surface area is 118 Å². The molecule has 1 aliphatic rings. The summed E-state index contributed by atoms with van der Waals surface area (Å²) >= 11 is 0. The monoisotopic (exact) mass is 280 g/mol. The van der Waals surface area contributed by atoms with Gasteiger partial charge in [-0.2, -0.15) is 0 Å².